The van der Waals surface area contributed by atoms with Crippen LogP contribution in [0.1, 0.15) is 16.8 Å². The van der Waals surface area contributed by atoms with Gasteiger partial charge in [0.15, 0.2) is 6.61 Å². The van der Waals surface area contributed by atoms with E-state index in [4.69, 9.17) is 31.1 Å². The van der Waals surface area contributed by atoms with Crippen molar-refractivity contribution in [3.63, 3.8) is 0 Å². The minimum Gasteiger partial charge on any atom is -0.495 e. The van der Waals surface area contributed by atoms with E-state index in [-0.39, 0.29) is 12.0 Å². The van der Waals surface area contributed by atoms with Crippen LogP contribution in [0.2, 0.25) is 5.02 Å². The summed E-state index contributed by atoms with van der Waals surface area (Å²) in [5.41, 5.74) is 0.914. The van der Waals surface area contributed by atoms with Crippen molar-refractivity contribution in [1.29, 1.82) is 5.26 Å². The van der Waals surface area contributed by atoms with Gasteiger partial charge in [0, 0.05) is 17.8 Å². The van der Waals surface area contributed by atoms with Crippen molar-refractivity contribution in [2.75, 3.05) is 31.5 Å². The van der Waals surface area contributed by atoms with Crippen LogP contribution in [-0.2, 0) is 14.3 Å². The summed E-state index contributed by atoms with van der Waals surface area (Å²) >= 11 is 6.02. The number of nitrogens with one attached hydrogen (secondary N) is 2. The van der Waals surface area contributed by atoms with Gasteiger partial charge in [0.05, 0.1) is 36.6 Å². The van der Waals surface area contributed by atoms with Crippen molar-refractivity contribution in [2.45, 2.75) is 6.42 Å². The second-order valence-electron chi connectivity index (χ2n) is 5.77. The molecule has 0 aliphatic heterocycles. The molecule has 2 N–H and O–H groups in total. The molecule has 0 aromatic heterocycles. The Morgan fingerprint density at radius 2 is 1.67 bits per heavy atom. The molecule has 0 bridgehead atoms. The number of hydrogen-bond acceptors (Lipinski definition) is 7. The van der Waals surface area contributed by atoms with Gasteiger partial charge in [-0.3, -0.25) is 9.59 Å². The molecule has 0 saturated carbocycles. The van der Waals surface area contributed by atoms with Gasteiger partial charge in [-0.05, 0) is 24.3 Å². The van der Waals surface area contributed by atoms with Gasteiger partial charge >= 0.3 is 5.97 Å². The van der Waals surface area contributed by atoms with Crippen LogP contribution in [0.3, 0.4) is 0 Å². The summed E-state index contributed by atoms with van der Waals surface area (Å²) in [5, 5.41) is 13.8. The predicted octanol–water partition coefficient (Wildman–Crippen LogP) is 3.00. The average molecular weight is 432 g/mol. The van der Waals surface area contributed by atoms with E-state index < -0.39 is 24.4 Å². The Balaban J connectivity index is 1.94. The molecule has 0 heterocycles. The molecule has 2 amide bonds. The largest absolute Gasteiger partial charge is 0.495 e. The minimum absolute atomic E-state index is 0.187. The van der Waals surface area contributed by atoms with Crippen molar-refractivity contribution in [3.05, 3.63) is 47.0 Å². The summed E-state index contributed by atoms with van der Waals surface area (Å²) in [6.07, 6.45) is -0.275. The van der Waals surface area contributed by atoms with E-state index in [1.54, 1.807) is 6.07 Å². The normalized spacial score (nSPS) is 9.80. The van der Waals surface area contributed by atoms with E-state index >= 15 is 0 Å². The van der Waals surface area contributed by atoms with Gasteiger partial charge in [-0.15, -0.1) is 0 Å². The fraction of sp³-hybridized carbons (Fsp3) is 0.200. The SMILES string of the molecule is COc1cc(NC(=O)COC(=O)c2ccc(NC(=O)CC#N)cc2)c(OC)cc1Cl. The monoisotopic (exact) mass is 431 g/mol. The summed E-state index contributed by atoms with van der Waals surface area (Å²) in [6, 6.07) is 10.5. The van der Waals surface area contributed by atoms with Gasteiger partial charge < -0.3 is 24.8 Å². The van der Waals surface area contributed by atoms with E-state index in [2.05, 4.69) is 10.6 Å². The van der Waals surface area contributed by atoms with Gasteiger partial charge in [0.2, 0.25) is 5.91 Å². The fourth-order valence-electron chi connectivity index (χ4n) is 2.33. The van der Waals surface area contributed by atoms with Crippen LogP contribution in [0.15, 0.2) is 36.4 Å². The number of carbonyl (C=O) groups excluding carboxylic acids is 3. The zero-order valence-electron chi connectivity index (χ0n) is 16.2. The number of methoxy groups -OCH3 is 2. The van der Waals surface area contributed by atoms with Crippen LogP contribution < -0.4 is 20.1 Å². The third-order valence-corrected chi connectivity index (χ3v) is 4.02. The van der Waals surface area contributed by atoms with Crippen molar-refractivity contribution >= 4 is 40.8 Å². The molecule has 0 spiro atoms. The Hall–Kier alpha value is -3.77. The van der Waals surface area contributed by atoms with Crippen LogP contribution in [0, 0.1) is 11.3 Å². The predicted molar refractivity (Wildman–Crippen MR) is 109 cm³/mol. The Morgan fingerprint density at radius 3 is 2.27 bits per heavy atom. The number of benzene rings is 2. The molecule has 0 saturated heterocycles. The lowest BCUT2D eigenvalue weighted by atomic mass is 10.2. The third kappa shape index (κ3) is 6.12. The Morgan fingerprint density at radius 1 is 1.00 bits per heavy atom. The van der Waals surface area contributed by atoms with Gasteiger partial charge in [0.25, 0.3) is 5.91 Å². The van der Waals surface area contributed by atoms with Crippen LogP contribution in [0.5, 0.6) is 11.5 Å². The zero-order chi connectivity index (χ0) is 22.1. The van der Waals surface area contributed by atoms with Gasteiger partial charge in [-0.25, -0.2) is 4.79 Å². The maximum atomic E-state index is 12.1. The van der Waals surface area contributed by atoms with Gasteiger partial charge in [0.1, 0.15) is 17.9 Å². The first-order valence-corrected chi connectivity index (χ1v) is 8.91. The maximum absolute atomic E-state index is 12.1. The van der Waals surface area contributed by atoms with Crippen LogP contribution in [-0.4, -0.2) is 38.6 Å². The number of ether oxygens (including phenoxy) is 3. The van der Waals surface area contributed by atoms with Gasteiger partial charge in [-0.2, -0.15) is 5.26 Å². The van der Waals surface area contributed by atoms with Crippen LogP contribution in [0.4, 0.5) is 11.4 Å². The molecule has 0 aliphatic carbocycles. The van der Waals surface area contributed by atoms with Crippen molar-refractivity contribution in [1.82, 2.24) is 0 Å². The summed E-state index contributed by atoms with van der Waals surface area (Å²) in [6.45, 7) is -0.534. The fourth-order valence-corrected chi connectivity index (χ4v) is 2.56. The Bertz CT molecular complexity index is 985. The number of nitrogens with zero attached hydrogens (tertiary/aromatic N) is 1. The topological polar surface area (TPSA) is 127 Å². The molecule has 2 aromatic carbocycles. The van der Waals surface area contributed by atoms with Crippen molar-refractivity contribution in [2.24, 2.45) is 0 Å². The molecule has 0 atom stereocenters. The first-order chi connectivity index (χ1) is 14.4. The zero-order valence-corrected chi connectivity index (χ0v) is 16.9. The highest BCUT2D eigenvalue weighted by molar-refractivity contribution is 6.32. The lowest BCUT2D eigenvalue weighted by molar-refractivity contribution is -0.119. The molecule has 30 heavy (non-hydrogen) atoms. The molecular formula is C20H18ClN3O6. The summed E-state index contributed by atoms with van der Waals surface area (Å²) in [4.78, 5) is 35.6. The molecule has 0 unspecified atom stereocenters. The maximum Gasteiger partial charge on any atom is 0.338 e. The van der Waals surface area contributed by atoms with Crippen molar-refractivity contribution < 1.29 is 28.6 Å². The highest BCUT2D eigenvalue weighted by atomic mass is 35.5. The molecule has 0 aliphatic rings. The van der Waals surface area contributed by atoms with Crippen molar-refractivity contribution in [3.8, 4) is 17.6 Å². The Labute approximate surface area is 177 Å². The molecule has 2 rings (SSSR count). The molecule has 0 radical (unpaired) electrons. The standard InChI is InChI=1S/C20H18ClN3O6/c1-28-16-10-15(17(29-2)9-14(16)21)24-19(26)11-30-20(27)12-3-5-13(6-4-12)23-18(25)7-8-22/h3-6,9-10H,7,11H2,1-2H3,(H,23,25)(H,24,26). The second kappa shape index (κ2) is 10.7. The summed E-state index contributed by atoms with van der Waals surface area (Å²) in [7, 11) is 2.85. The lowest BCUT2D eigenvalue weighted by Crippen LogP contribution is -2.21. The average Bonchev–Trinajstić information content (AvgIpc) is 2.73. The number of rotatable bonds is 8. The summed E-state index contributed by atoms with van der Waals surface area (Å²) < 4.78 is 15.3. The number of anilines is 2. The first kappa shape index (κ1) is 22.5. The lowest BCUT2D eigenvalue weighted by Gasteiger charge is -2.13. The number of carbonyl (C=O) groups is 3. The minimum atomic E-state index is -0.722. The molecule has 0 fully saturated rings. The number of amides is 2. The highest BCUT2D eigenvalue weighted by Crippen LogP contribution is 2.35. The van der Waals surface area contributed by atoms with Gasteiger partial charge in [-0.1, -0.05) is 11.6 Å². The van der Waals surface area contributed by atoms with E-state index in [0.717, 1.165) is 0 Å². The smallest absolute Gasteiger partial charge is 0.338 e. The molecular weight excluding hydrogens is 414 g/mol. The quantitative estimate of drug-likeness (QED) is 0.615. The van der Waals surface area contributed by atoms with Crippen LogP contribution >= 0.6 is 11.6 Å². The number of nitriles is 1. The van der Waals surface area contributed by atoms with E-state index in [1.807, 2.05) is 0 Å². The highest BCUT2D eigenvalue weighted by Gasteiger charge is 2.15. The molecule has 10 heteroatoms. The molecule has 2 aromatic rings. The molecule has 9 nitrogen and oxygen atoms in total. The first-order valence-electron chi connectivity index (χ1n) is 8.53. The van der Waals surface area contributed by atoms with Crippen LogP contribution in [0.25, 0.3) is 0 Å². The van der Waals surface area contributed by atoms with E-state index in [1.165, 1.54) is 50.6 Å². The van der Waals surface area contributed by atoms with E-state index in [0.29, 0.717) is 27.9 Å². The number of halogens is 1. The number of esters is 1. The number of hydrogen-bond donors (Lipinski definition) is 2. The second-order valence-corrected chi connectivity index (χ2v) is 6.18. The van der Waals surface area contributed by atoms with E-state index in [9.17, 15) is 14.4 Å². The third-order valence-electron chi connectivity index (χ3n) is 3.73. The summed E-state index contributed by atoms with van der Waals surface area (Å²) in [5.74, 6) is -1.12. The molecule has 156 valence electrons. The Kier molecular flexibility index (Phi) is 8.02.